The van der Waals surface area contributed by atoms with E-state index in [0.29, 0.717) is 22.8 Å². The normalized spacial score (nSPS) is 11.8. The predicted octanol–water partition coefficient (Wildman–Crippen LogP) is 3.56. The second kappa shape index (κ2) is 13.1. The van der Waals surface area contributed by atoms with Gasteiger partial charge in [-0.15, -0.1) is 0 Å². The van der Waals surface area contributed by atoms with Crippen LogP contribution in [0.4, 0.5) is 10.5 Å². The second-order valence-corrected chi connectivity index (χ2v) is 9.31. The number of para-hydroxylation sites is 2. The molecule has 0 saturated heterocycles. The van der Waals surface area contributed by atoms with Gasteiger partial charge in [0.25, 0.3) is 5.56 Å². The summed E-state index contributed by atoms with van der Waals surface area (Å²) in [6.07, 6.45) is 3.43. The number of likely N-dealkylation sites (N-methyl/N-ethyl adjacent to an activating group) is 1. The van der Waals surface area contributed by atoms with Gasteiger partial charge in [-0.05, 0) is 55.3 Å². The standard InChI is InChI=1S/C29H30N6O6/c1-34(2)25(36)16-7-6-12-21(32-29(39)40)27(37)31-22-14-9-17-35(28(22)38)18-24-30-20-13-8-15-23(26(20)33-24)41-19-10-4-3-5-11-19/h3-5,7-11,13-17,21,32H,6,12,18H2,1-2H3,(H,30,33)(H,31,37)(H,39,40)/b16-7+/t21-/m0/s1. The number of benzene rings is 2. The van der Waals surface area contributed by atoms with Crippen LogP contribution < -0.4 is 20.9 Å². The average Bonchev–Trinajstić information content (AvgIpc) is 3.36. The molecule has 0 aliphatic rings. The van der Waals surface area contributed by atoms with E-state index in [9.17, 15) is 24.3 Å². The Labute approximate surface area is 235 Å². The molecule has 41 heavy (non-hydrogen) atoms. The van der Waals surface area contributed by atoms with E-state index in [1.807, 2.05) is 42.5 Å². The zero-order valence-corrected chi connectivity index (χ0v) is 22.5. The molecule has 12 nitrogen and oxygen atoms in total. The number of nitrogens with zero attached hydrogens (tertiary/aromatic N) is 3. The first-order chi connectivity index (χ1) is 19.7. The third kappa shape index (κ3) is 7.60. The zero-order chi connectivity index (χ0) is 29.4. The van der Waals surface area contributed by atoms with Crippen molar-refractivity contribution in [2.75, 3.05) is 19.4 Å². The van der Waals surface area contributed by atoms with E-state index in [1.165, 1.54) is 21.6 Å². The molecule has 4 aromatic rings. The Kier molecular flexibility index (Phi) is 9.15. The molecule has 212 valence electrons. The van der Waals surface area contributed by atoms with Crippen LogP contribution in [0.25, 0.3) is 11.0 Å². The third-order valence-electron chi connectivity index (χ3n) is 6.03. The molecule has 4 N–H and O–H groups in total. The Hall–Kier alpha value is -5.39. The molecule has 0 aliphatic heterocycles. The van der Waals surface area contributed by atoms with Gasteiger partial charge in [-0.25, -0.2) is 9.78 Å². The van der Waals surface area contributed by atoms with Crippen molar-refractivity contribution in [1.29, 1.82) is 0 Å². The molecule has 0 bridgehead atoms. The van der Waals surface area contributed by atoms with Gasteiger partial charge < -0.3 is 34.9 Å². The molecule has 0 spiro atoms. The van der Waals surface area contributed by atoms with Crippen LogP contribution in [0, 0.1) is 0 Å². The van der Waals surface area contributed by atoms with Crippen molar-refractivity contribution in [2.24, 2.45) is 0 Å². The Morgan fingerprint density at radius 1 is 1.10 bits per heavy atom. The number of aromatic amines is 1. The number of pyridine rings is 1. The summed E-state index contributed by atoms with van der Waals surface area (Å²) >= 11 is 0. The predicted molar refractivity (Wildman–Crippen MR) is 153 cm³/mol. The summed E-state index contributed by atoms with van der Waals surface area (Å²) in [4.78, 5) is 58.2. The summed E-state index contributed by atoms with van der Waals surface area (Å²) in [5.74, 6) is 0.798. The first-order valence-electron chi connectivity index (χ1n) is 12.8. The molecule has 12 heteroatoms. The highest BCUT2D eigenvalue weighted by atomic mass is 16.5. The summed E-state index contributed by atoms with van der Waals surface area (Å²) in [5.41, 5.74) is 0.826. The highest BCUT2D eigenvalue weighted by Gasteiger charge is 2.21. The Morgan fingerprint density at radius 2 is 1.88 bits per heavy atom. The molecule has 1 atom stereocenters. The number of hydrogen-bond acceptors (Lipinski definition) is 6. The molecule has 0 unspecified atom stereocenters. The zero-order valence-electron chi connectivity index (χ0n) is 22.5. The minimum atomic E-state index is -1.38. The fourth-order valence-corrected chi connectivity index (χ4v) is 3.98. The fraction of sp³-hybridized carbons (Fsp3) is 0.207. The summed E-state index contributed by atoms with van der Waals surface area (Å²) in [7, 11) is 3.21. The first kappa shape index (κ1) is 28.6. The van der Waals surface area contributed by atoms with Crippen molar-refractivity contribution in [3.8, 4) is 11.5 Å². The largest absolute Gasteiger partial charge is 0.465 e. The van der Waals surface area contributed by atoms with E-state index in [2.05, 4.69) is 20.6 Å². The summed E-state index contributed by atoms with van der Waals surface area (Å²) in [6.45, 7) is 0.0868. The van der Waals surface area contributed by atoms with E-state index in [4.69, 9.17) is 4.74 Å². The maximum absolute atomic E-state index is 13.2. The minimum Gasteiger partial charge on any atom is -0.465 e. The molecule has 0 saturated carbocycles. The molecule has 0 radical (unpaired) electrons. The Bertz CT molecular complexity index is 1630. The molecule has 2 heterocycles. The van der Waals surface area contributed by atoms with Crippen LogP contribution in [0.3, 0.4) is 0 Å². The van der Waals surface area contributed by atoms with Crippen molar-refractivity contribution in [3.63, 3.8) is 0 Å². The lowest BCUT2D eigenvalue weighted by atomic mass is 10.1. The smallest absolute Gasteiger partial charge is 0.405 e. The van der Waals surface area contributed by atoms with E-state index < -0.39 is 23.6 Å². The van der Waals surface area contributed by atoms with Gasteiger partial charge in [-0.1, -0.05) is 30.3 Å². The molecule has 2 aromatic heterocycles. The van der Waals surface area contributed by atoms with E-state index >= 15 is 0 Å². The lowest BCUT2D eigenvalue weighted by molar-refractivity contribution is -0.123. The van der Waals surface area contributed by atoms with Crippen LogP contribution in [0.5, 0.6) is 11.5 Å². The van der Waals surface area contributed by atoms with Gasteiger partial charge in [-0.2, -0.15) is 0 Å². The number of hydrogen-bond donors (Lipinski definition) is 4. The number of anilines is 1. The number of H-pyrrole nitrogens is 1. The van der Waals surface area contributed by atoms with Crippen LogP contribution in [0.2, 0.25) is 0 Å². The highest BCUT2D eigenvalue weighted by molar-refractivity contribution is 5.96. The van der Waals surface area contributed by atoms with Crippen molar-refractivity contribution in [1.82, 2.24) is 24.8 Å². The number of rotatable bonds is 11. The van der Waals surface area contributed by atoms with Crippen molar-refractivity contribution < 1.29 is 24.2 Å². The molecule has 0 aliphatic carbocycles. The summed E-state index contributed by atoms with van der Waals surface area (Å²) in [5, 5.41) is 13.9. The van der Waals surface area contributed by atoms with Crippen LogP contribution in [-0.4, -0.2) is 62.6 Å². The molecular formula is C29H30N6O6. The molecule has 0 fully saturated rings. The maximum atomic E-state index is 13.2. The number of carbonyl (C=O) groups excluding carboxylic acids is 2. The van der Waals surface area contributed by atoms with Crippen LogP contribution in [0.15, 0.2) is 83.8 Å². The molecule has 4 rings (SSSR count). The Balaban J connectivity index is 1.48. The number of carboxylic acid groups (broad SMARTS) is 1. The van der Waals surface area contributed by atoms with Crippen molar-refractivity contribution in [3.05, 3.63) is 95.2 Å². The van der Waals surface area contributed by atoms with Crippen molar-refractivity contribution in [2.45, 2.75) is 25.4 Å². The summed E-state index contributed by atoms with van der Waals surface area (Å²) in [6, 6.07) is 16.7. The van der Waals surface area contributed by atoms with E-state index in [1.54, 1.807) is 38.5 Å². The summed E-state index contributed by atoms with van der Waals surface area (Å²) < 4.78 is 7.35. The average molecular weight is 559 g/mol. The van der Waals surface area contributed by atoms with E-state index in [-0.39, 0.29) is 31.0 Å². The number of allylic oxidation sites excluding steroid dienone is 1. The topological polar surface area (TPSA) is 159 Å². The van der Waals surface area contributed by atoms with Gasteiger partial charge >= 0.3 is 6.09 Å². The Morgan fingerprint density at radius 3 is 2.61 bits per heavy atom. The van der Waals surface area contributed by atoms with E-state index in [0.717, 1.165) is 5.52 Å². The number of ether oxygens (including phenoxy) is 1. The van der Waals surface area contributed by atoms with Crippen molar-refractivity contribution >= 4 is 34.6 Å². The van der Waals surface area contributed by atoms with Crippen LogP contribution >= 0.6 is 0 Å². The molecule has 2 aromatic carbocycles. The number of carbonyl (C=O) groups is 3. The lowest BCUT2D eigenvalue weighted by Crippen LogP contribution is -2.44. The molecular weight excluding hydrogens is 528 g/mol. The monoisotopic (exact) mass is 558 g/mol. The number of imidazole rings is 1. The van der Waals surface area contributed by atoms with Gasteiger partial charge in [-0.3, -0.25) is 14.4 Å². The van der Waals surface area contributed by atoms with Crippen LogP contribution in [0.1, 0.15) is 18.7 Å². The lowest BCUT2D eigenvalue weighted by Gasteiger charge is -2.16. The number of aromatic nitrogens is 3. The minimum absolute atomic E-state index is 0.0165. The third-order valence-corrected chi connectivity index (χ3v) is 6.03. The number of amides is 3. The van der Waals surface area contributed by atoms with Gasteiger partial charge in [0.2, 0.25) is 11.8 Å². The van der Waals surface area contributed by atoms with Crippen LogP contribution in [-0.2, 0) is 16.1 Å². The molecule has 3 amide bonds. The highest BCUT2D eigenvalue weighted by Crippen LogP contribution is 2.28. The first-order valence-corrected chi connectivity index (χ1v) is 12.8. The van der Waals surface area contributed by atoms with Gasteiger partial charge in [0.05, 0.1) is 12.1 Å². The van der Waals surface area contributed by atoms with Gasteiger partial charge in [0.1, 0.15) is 28.8 Å². The quantitative estimate of drug-likeness (QED) is 0.205. The van der Waals surface area contributed by atoms with Gasteiger partial charge in [0.15, 0.2) is 5.75 Å². The number of nitrogens with one attached hydrogen (secondary N) is 3. The van der Waals surface area contributed by atoms with Gasteiger partial charge in [0, 0.05) is 20.3 Å². The maximum Gasteiger partial charge on any atom is 0.405 e. The second-order valence-electron chi connectivity index (χ2n) is 9.31. The fourth-order valence-electron chi connectivity index (χ4n) is 3.98. The number of fused-ring (bicyclic) bond motifs is 1. The SMILES string of the molecule is CN(C)C(=O)/C=C/CC[C@H](NC(=O)O)C(=O)Nc1cccn(Cc2nc3c(Oc4ccccc4)cccc3[nH]2)c1=O.